The fourth-order valence-electron chi connectivity index (χ4n) is 2.27. The predicted molar refractivity (Wildman–Crippen MR) is 92.3 cm³/mol. The molecule has 0 aromatic carbocycles. The molecule has 0 aliphatic carbocycles. The van der Waals surface area contributed by atoms with E-state index in [1.165, 1.54) is 0 Å². The van der Waals surface area contributed by atoms with Crippen molar-refractivity contribution in [3.05, 3.63) is 0 Å². The monoisotopic (exact) mass is 329 g/mol. The quantitative estimate of drug-likeness (QED) is 0.705. The van der Waals surface area contributed by atoms with Crippen LogP contribution in [0, 0.1) is 5.92 Å². The molecule has 1 rings (SSSR count). The molecule has 0 spiro atoms. The Morgan fingerprint density at radius 1 is 0.913 bits per heavy atom. The zero-order chi connectivity index (χ0) is 18.3. The molecule has 1 saturated heterocycles. The first-order valence-electron chi connectivity index (χ1n) is 8.66. The molecule has 136 valence electrons. The van der Waals surface area contributed by atoms with Crippen LogP contribution >= 0.6 is 0 Å². The van der Waals surface area contributed by atoms with Crippen LogP contribution in [0.1, 0.15) is 74.7 Å². The van der Waals surface area contributed by atoms with Gasteiger partial charge in [-0.25, -0.2) is 4.79 Å². The van der Waals surface area contributed by atoms with E-state index < -0.39 is 11.2 Å². The van der Waals surface area contributed by atoms with Crippen molar-refractivity contribution in [2.45, 2.75) is 85.9 Å². The Hall–Kier alpha value is -1.26. The van der Waals surface area contributed by atoms with Gasteiger partial charge in [0.2, 0.25) is 0 Å². The van der Waals surface area contributed by atoms with Crippen molar-refractivity contribution < 1.29 is 19.1 Å². The lowest BCUT2D eigenvalue weighted by Gasteiger charge is -2.33. The third-order valence-corrected chi connectivity index (χ3v) is 3.14. The number of ether oxygens (including phenoxy) is 2. The summed E-state index contributed by atoms with van der Waals surface area (Å²) < 4.78 is 10.7. The predicted octanol–water partition coefficient (Wildman–Crippen LogP) is 4.39. The molecule has 5 nitrogen and oxygen atoms in total. The highest BCUT2D eigenvalue weighted by atomic mass is 16.6. The maximum Gasteiger partial charge on any atom is 0.410 e. The number of carbonyl (C=O) groups is 2. The third-order valence-electron chi connectivity index (χ3n) is 3.14. The van der Waals surface area contributed by atoms with E-state index in [-0.39, 0.29) is 12.1 Å². The zero-order valence-corrected chi connectivity index (χ0v) is 16.2. The molecule has 23 heavy (non-hydrogen) atoms. The highest BCUT2D eigenvalue weighted by molar-refractivity contribution is 5.70. The summed E-state index contributed by atoms with van der Waals surface area (Å²) in [7, 11) is 0. The van der Waals surface area contributed by atoms with Crippen LogP contribution in [0.25, 0.3) is 0 Å². The Balaban J connectivity index is 0.00000232. The lowest BCUT2D eigenvalue weighted by molar-refractivity contribution is -0.156. The number of likely N-dealkylation sites (tertiary alicyclic amines) is 1. The summed E-state index contributed by atoms with van der Waals surface area (Å²) in [6.07, 6.45) is 1.80. The Kier molecular flexibility index (Phi) is 8.64. The van der Waals surface area contributed by atoms with Crippen molar-refractivity contribution in [1.82, 2.24) is 4.90 Å². The molecule has 0 bridgehead atoms. The zero-order valence-electron chi connectivity index (χ0n) is 16.2. The number of piperidine rings is 1. The molecule has 5 heteroatoms. The number of amides is 1. The maximum absolute atomic E-state index is 11.9. The minimum Gasteiger partial charge on any atom is -0.460 e. The van der Waals surface area contributed by atoms with Gasteiger partial charge >= 0.3 is 12.1 Å². The molecule has 0 atom stereocenters. The second-order valence-corrected chi connectivity index (χ2v) is 7.70. The van der Waals surface area contributed by atoms with E-state index in [2.05, 4.69) is 0 Å². The summed E-state index contributed by atoms with van der Waals surface area (Å²) in [4.78, 5) is 25.5. The van der Waals surface area contributed by atoms with Crippen molar-refractivity contribution in [2.24, 2.45) is 5.92 Å². The number of esters is 1. The fraction of sp³-hybridized carbons (Fsp3) is 0.889. The number of hydrogen-bond acceptors (Lipinski definition) is 4. The molecule has 0 aromatic rings. The van der Waals surface area contributed by atoms with Gasteiger partial charge in [-0.1, -0.05) is 13.8 Å². The minimum atomic E-state index is -0.468. The highest BCUT2D eigenvalue weighted by Gasteiger charge is 2.28. The van der Waals surface area contributed by atoms with Crippen molar-refractivity contribution in [3.63, 3.8) is 0 Å². The van der Waals surface area contributed by atoms with E-state index in [1.807, 2.05) is 55.4 Å². The van der Waals surface area contributed by atoms with Crippen LogP contribution in [0.5, 0.6) is 0 Å². The molecular formula is C18H35NO4. The average Bonchev–Trinajstić information content (AvgIpc) is 2.37. The first-order chi connectivity index (χ1) is 10.5. The smallest absolute Gasteiger partial charge is 0.410 e. The van der Waals surface area contributed by atoms with E-state index in [9.17, 15) is 9.59 Å². The van der Waals surface area contributed by atoms with Crippen LogP contribution < -0.4 is 0 Å². The van der Waals surface area contributed by atoms with Crippen LogP contribution in [0.3, 0.4) is 0 Å². The SMILES string of the molecule is CC.CC(C)(C)OC(=O)CC1CCN(C(=O)OC(C)(C)C)CC1. The molecule has 0 N–H and O–H groups in total. The second kappa shape index (κ2) is 9.14. The molecular weight excluding hydrogens is 294 g/mol. The summed E-state index contributed by atoms with van der Waals surface area (Å²) in [5.74, 6) is 0.136. The molecule has 1 aliphatic rings. The van der Waals surface area contributed by atoms with E-state index in [1.54, 1.807) is 4.90 Å². The van der Waals surface area contributed by atoms with Crippen LogP contribution in [-0.2, 0) is 14.3 Å². The fourth-order valence-corrected chi connectivity index (χ4v) is 2.27. The van der Waals surface area contributed by atoms with Crippen molar-refractivity contribution in [1.29, 1.82) is 0 Å². The Labute approximate surface area is 141 Å². The van der Waals surface area contributed by atoms with Crippen LogP contribution in [0.15, 0.2) is 0 Å². The van der Waals surface area contributed by atoms with Crippen LogP contribution in [-0.4, -0.2) is 41.3 Å². The number of hydrogen-bond donors (Lipinski definition) is 0. The Morgan fingerprint density at radius 2 is 1.35 bits per heavy atom. The molecule has 0 saturated carbocycles. The number of rotatable bonds is 2. The summed E-state index contributed by atoms with van der Waals surface area (Å²) in [6, 6.07) is 0. The minimum absolute atomic E-state index is 0.154. The summed E-state index contributed by atoms with van der Waals surface area (Å²) in [5.41, 5.74) is -0.904. The molecule has 1 heterocycles. The second-order valence-electron chi connectivity index (χ2n) is 7.70. The first-order valence-corrected chi connectivity index (χ1v) is 8.66. The Morgan fingerprint density at radius 3 is 1.74 bits per heavy atom. The van der Waals surface area contributed by atoms with Gasteiger partial charge in [0.15, 0.2) is 0 Å². The normalized spacial score (nSPS) is 16.3. The van der Waals surface area contributed by atoms with Gasteiger partial charge in [-0.2, -0.15) is 0 Å². The third kappa shape index (κ3) is 10.2. The lowest BCUT2D eigenvalue weighted by atomic mass is 9.94. The van der Waals surface area contributed by atoms with Gasteiger partial charge in [0.1, 0.15) is 11.2 Å². The van der Waals surface area contributed by atoms with Crippen molar-refractivity contribution >= 4 is 12.1 Å². The van der Waals surface area contributed by atoms with Crippen LogP contribution in [0.2, 0.25) is 0 Å². The van der Waals surface area contributed by atoms with Gasteiger partial charge in [-0.15, -0.1) is 0 Å². The van der Waals surface area contributed by atoms with Gasteiger partial charge in [0, 0.05) is 19.5 Å². The summed E-state index contributed by atoms with van der Waals surface area (Å²) in [5, 5.41) is 0. The first kappa shape index (κ1) is 21.7. The topological polar surface area (TPSA) is 55.8 Å². The molecule has 1 fully saturated rings. The van der Waals surface area contributed by atoms with Gasteiger partial charge in [0.25, 0.3) is 0 Å². The van der Waals surface area contributed by atoms with Gasteiger partial charge in [0.05, 0.1) is 0 Å². The van der Waals surface area contributed by atoms with E-state index in [0.29, 0.717) is 25.4 Å². The maximum atomic E-state index is 11.9. The number of carbonyl (C=O) groups excluding carboxylic acids is 2. The molecule has 0 aromatic heterocycles. The molecule has 0 unspecified atom stereocenters. The molecule has 1 aliphatic heterocycles. The van der Waals surface area contributed by atoms with Gasteiger partial charge in [-0.05, 0) is 60.3 Å². The van der Waals surface area contributed by atoms with Crippen LogP contribution in [0.4, 0.5) is 4.79 Å². The molecule has 0 radical (unpaired) electrons. The van der Waals surface area contributed by atoms with Gasteiger partial charge in [-0.3, -0.25) is 4.79 Å². The standard InChI is InChI=1S/C16H29NO4.C2H6/c1-15(2,3)20-13(18)11-12-7-9-17(10-8-12)14(19)21-16(4,5)6;1-2/h12H,7-11H2,1-6H3;1-2H3. The average molecular weight is 329 g/mol. The van der Waals surface area contributed by atoms with E-state index in [0.717, 1.165) is 12.8 Å². The summed E-state index contributed by atoms with van der Waals surface area (Å²) in [6.45, 7) is 16.5. The highest BCUT2D eigenvalue weighted by Crippen LogP contribution is 2.23. The van der Waals surface area contributed by atoms with Gasteiger partial charge < -0.3 is 14.4 Å². The van der Waals surface area contributed by atoms with E-state index in [4.69, 9.17) is 9.47 Å². The van der Waals surface area contributed by atoms with E-state index >= 15 is 0 Å². The molecule has 1 amide bonds. The number of nitrogens with zero attached hydrogens (tertiary/aromatic N) is 1. The largest absolute Gasteiger partial charge is 0.460 e. The van der Waals surface area contributed by atoms with Crippen molar-refractivity contribution in [2.75, 3.05) is 13.1 Å². The van der Waals surface area contributed by atoms with Crippen molar-refractivity contribution in [3.8, 4) is 0 Å². The summed E-state index contributed by atoms with van der Waals surface area (Å²) >= 11 is 0. The lowest BCUT2D eigenvalue weighted by Crippen LogP contribution is -2.42. The Bertz CT molecular complexity index is 371.